The molecule has 94 valence electrons. The van der Waals surface area contributed by atoms with Crippen molar-refractivity contribution in [1.82, 2.24) is 4.98 Å². The molecule has 4 nitrogen and oxygen atoms in total. The Labute approximate surface area is 107 Å². The number of unbranched alkanes of at least 4 members (excludes halogenated alkanes) is 1. The zero-order valence-electron chi connectivity index (χ0n) is 10.2. The van der Waals surface area contributed by atoms with Crippen molar-refractivity contribution in [3.05, 3.63) is 23.0 Å². The largest absolute Gasteiger partial charge is 0.323 e. The summed E-state index contributed by atoms with van der Waals surface area (Å²) in [5.74, 6) is -0.179. The van der Waals surface area contributed by atoms with E-state index in [9.17, 15) is 4.79 Å². The molecule has 3 N–H and O–H groups in total. The maximum atomic E-state index is 11.7. The van der Waals surface area contributed by atoms with Crippen LogP contribution in [0.2, 0.25) is 5.15 Å². The molecule has 1 atom stereocenters. The van der Waals surface area contributed by atoms with Crippen molar-refractivity contribution in [2.45, 2.75) is 39.2 Å². The molecule has 0 radical (unpaired) electrons. The number of hydrogen-bond acceptors (Lipinski definition) is 3. The Morgan fingerprint density at radius 1 is 1.65 bits per heavy atom. The summed E-state index contributed by atoms with van der Waals surface area (Å²) in [4.78, 5) is 15.7. The highest BCUT2D eigenvalue weighted by Gasteiger charge is 2.13. The maximum absolute atomic E-state index is 11.7. The maximum Gasteiger partial charge on any atom is 0.241 e. The zero-order valence-corrected chi connectivity index (χ0v) is 10.9. The van der Waals surface area contributed by atoms with Gasteiger partial charge in [0, 0.05) is 0 Å². The van der Waals surface area contributed by atoms with Crippen LogP contribution in [0.25, 0.3) is 0 Å². The van der Waals surface area contributed by atoms with Crippen LogP contribution >= 0.6 is 11.6 Å². The zero-order chi connectivity index (χ0) is 12.8. The molecule has 1 rings (SSSR count). The fourth-order valence-electron chi connectivity index (χ4n) is 1.42. The lowest BCUT2D eigenvalue weighted by Gasteiger charge is -2.12. The van der Waals surface area contributed by atoms with Crippen LogP contribution in [-0.4, -0.2) is 16.9 Å². The fourth-order valence-corrected chi connectivity index (χ4v) is 1.52. The summed E-state index contributed by atoms with van der Waals surface area (Å²) in [6.07, 6.45) is 4.21. The van der Waals surface area contributed by atoms with Gasteiger partial charge in [-0.3, -0.25) is 4.79 Å². The van der Waals surface area contributed by atoms with Gasteiger partial charge in [0.2, 0.25) is 5.91 Å². The minimum Gasteiger partial charge on any atom is -0.323 e. The summed E-state index contributed by atoms with van der Waals surface area (Å²) in [5.41, 5.74) is 7.21. The smallest absolute Gasteiger partial charge is 0.241 e. The number of pyridine rings is 1. The Hall–Kier alpha value is -1.13. The van der Waals surface area contributed by atoms with Gasteiger partial charge in [-0.1, -0.05) is 31.4 Å². The van der Waals surface area contributed by atoms with Gasteiger partial charge in [0.1, 0.15) is 5.15 Å². The fraction of sp³-hybridized carbons (Fsp3) is 0.500. The molecule has 1 aromatic rings. The summed E-state index contributed by atoms with van der Waals surface area (Å²) in [7, 11) is 0. The number of amides is 1. The van der Waals surface area contributed by atoms with E-state index in [-0.39, 0.29) is 5.91 Å². The van der Waals surface area contributed by atoms with Crippen LogP contribution < -0.4 is 11.1 Å². The number of anilines is 1. The monoisotopic (exact) mass is 255 g/mol. The average Bonchev–Trinajstić information content (AvgIpc) is 2.30. The Bertz CT molecular complexity index is 395. The van der Waals surface area contributed by atoms with E-state index in [1.165, 1.54) is 6.20 Å². The van der Waals surface area contributed by atoms with E-state index >= 15 is 0 Å². The van der Waals surface area contributed by atoms with Gasteiger partial charge in [-0.05, 0) is 25.0 Å². The molecular weight excluding hydrogens is 238 g/mol. The number of hydrogen-bond donors (Lipinski definition) is 2. The molecule has 0 aliphatic heterocycles. The molecule has 0 aliphatic rings. The second-order valence-electron chi connectivity index (χ2n) is 4.07. The van der Waals surface area contributed by atoms with Crippen molar-refractivity contribution >= 4 is 23.2 Å². The average molecular weight is 256 g/mol. The first kappa shape index (κ1) is 13.9. The highest BCUT2D eigenvalue weighted by atomic mass is 35.5. The van der Waals surface area contributed by atoms with Gasteiger partial charge in [-0.15, -0.1) is 0 Å². The highest BCUT2D eigenvalue weighted by Crippen LogP contribution is 2.16. The standard InChI is InChI=1S/C12H18ClN3O/c1-3-4-5-10(14)12(17)16-9-6-8(2)11(13)15-7-9/h6-7,10H,3-5,14H2,1-2H3,(H,16,17)/t10-/m0/s1. The Kier molecular flexibility index (Phi) is 5.38. The van der Waals surface area contributed by atoms with E-state index in [0.29, 0.717) is 17.3 Å². The summed E-state index contributed by atoms with van der Waals surface area (Å²) < 4.78 is 0. The highest BCUT2D eigenvalue weighted by molar-refractivity contribution is 6.30. The van der Waals surface area contributed by atoms with Gasteiger partial charge in [0.25, 0.3) is 0 Å². The third kappa shape index (κ3) is 4.32. The van der Waals surface area contributed by atoms with E-state index in [4.69, 9.17) is 17.3 Å². The first-order valence-corrected chi connectivity index (χ1v) is 6.11. The van der Waals surface area contributed by atoms with Gasteiger partial charge < -0.3 is 11.1 Å². The molecule has 5 heteroatoms. The van der Waals surface area contributed by atoms with Crippen molar-refractivity contribution in [3.8, 4) is 0 Å². The minimum atomic E-state index is -0.467. The number of nitrogens with one attached hydrogen (secondary N) is 1. The normalized spacial score (nSPS) is 12.2. The SMILES string of the molecule is CCCC[C@H](N)C(=O)Nc1cnc(Cl)c(C)c1. The molecule has 1 heterocycles. The van der Waals surface area contributed by atoms with Crippen molar-refractivity contribution in [2.24, 2.45) is 5.73 Å². The van der Waals surface area contributed by atoms with E-state index in [2.05, 4.69) is 17.2 Å². The third-order valence-corrected chi connectivity index (χ3v) is 2.88. The number of carbonyl (C=O) groups excluding carboxylic acids is 1. The molecule has 1 aromatic heterocycles. The first-order valence-electron chi connectivity index (χ1n) is 5.73. The van der Waals surface area contributed by atoms with Crippen LogP contribution in [0, 0.1) is 6.92 Å². The molecule has 0 spiro atoms. The lowest BCUT2D eigenvalue weighted by atomic mass is 10.1. The number of halogens is 1. The minimum absolute atomic E-state index is 0.179. The van der Waals surface area contributed by atoms with Gasteiger partial charge in [-0.2, -0.15) is 0 Å². The quantitative estimate of drug-likeness (QED) is 0.795. The Morgan fingerprint density at radius 2 is 2.35 bits per heavy atom. The van der Waals surface area contributed by atoms with Gasteiger partial charge in [0.15, 0.2) is 0 Å². The van der Waals surface area contributed by atoms with E-state index < -0.39 is 6.04 Å². The molecule has 0 fully saturated rings. The summed E-state index contributed by atoms with van der Waals surface area (Å²) in [6, 6.07) is 1.31. The van der Waals surface area contributed by atoms with E-state index in [1.54, 1.807) is 6.07 Å². The van der Waals surface area contributed by atoms with E-state index in [0.717, 1.165) is 18.4 Å². The summed E-state index contributed by atoms with van der Waals surface area (Å²) >= 11 is 5.80. The molecule has 0 aromatic carbocycles. The Morgan fingerprint density at radius 3 is 2.94 bits per heavy atom. The van der Waals surface area contributed by atoms with Crippen molar-refractivity contribution < 1.29 is 4.79 Å². The third-order valence-electron chi connectivity index (χ3n) is 2.49. The van der Waals surface area contributed by atoms with E-state index in [1.807, 2.05) is 6.92 Å². The first-order chi connectivity index (χ1) is 8.04. The predicted molar refractivity (Wildman–Crippen MR) is 70.1 cm³/mol. The number of rotatable bonds is 5. The lowest BCUT2D eigenvalue weighted by molar-refractivity contribution is -0.117. The molecule has 0 saturated heterocycles. The van der Waals surface area contributed by atoms with Gasteiger partial charge in [0.05, 0.1) is 17.9 Å². The second kappa shape index (κ2) is 6.57. The van der Waals surface area contributed by atoms with Crippen LogP contribution in [0.4, 0.5) is 5.69 Å². The van der Waals surface area contributed by atoms with Crippen LogP contribution in [0.5, 0.6) is 0 Å². The number of nitrogens with two attached hydrogens (primary N) is 1. The number of aryl methyl sites for hydroxylation is 1. The topological polar surface area (TPSA) is 68.0 Å². The number of nitrogens with zero attached hydrogens (tertiary/aromatic N) is 1. The van der Waals surface area contributed by atoms with Crippen LogP contribution in [-0.2, 0) is 4.79 Å². The second-order valence-corrected chi connectivity index (χ2v) is 4.43. The van der Waals surface area contributed by atoms with Crippen molar-refractivity contribution in [2.75, 3.05) is 5.32 Å². The molecule has 0 unspecified atom stereocenters. The number of carbonyl (C=O) groups is 1. The van der Waals surface area contributed by atoms with Gasteiger partial charge in [-0.25, -0.2) is 4.98 Å². The predicted octanol–water partition coefficient (Wildman–Crippen LogP) is 2.50. The Balaban J connectivity index is 2.58. The van der Waals surface area contributed by atoms with Crippen LogP contribution in [0.1, 0.15) is 31.7 Å². The van der Waals surface area contributed by atoms with Crippen molar-refractivity contribution in [3.63, 3.8) is 0 Å². The van der Waals surface area contributed by atoms with Gasteiger partial charge >= 0.3 is 0 Å². The van der Waals surface area contributed by atoms with Crippen LogP contribution in [0.3, 0.4) is 0 Å². The lowest BCUT2D eigenvalue weighted by Crippen LogP contribution is -2.35. The van der Waals surface area contributed by atoms with Crippen molar-refractivity contribution in [1.29, 1.82) is 0 Å². The number of aromatic nitrogens is 1. The molecule has 0 bridgehead atoms. The molecule has 0 aliphatic carbocycles. The van der Waals surface area contributed by atoms with Crippen LogP contribution in [0.15, 0.2) is 12.3 Å². The summed E-state index contributed by atoms with van der Waals surface area (Å²) in [6.45, 7) is 3.90. The molecule has 17 heavy (non-hydrogen) atoms. The molecule has 0 saturated carbocycles. The molecular formula is C12H18ClN3O. The molecule has 1 amide bonds. The summed E-state index contributed by atoms with van der Waals surface area (Å²) in [5, 5.41) is 3.18.